The summed E-state index contributed by atoms with van der Waals surface area (Å²) in [4.78, 5) is 102. The molecule has 3 aromatic rings. The first-order valence-corrected chi connectivity index (χ1v) is 30.3. The molecule has 2 aliphatic rings. The van der Waals surface area contributed by atoms with Crippen molar-refractivity contribution in [2.75, 3.05) is 32.5 Å². The molecule has 7 N–H and O–H groups in total. The standard InChI is InChI=1S/C62H84N8O11S2/c1-9-41(4)56(67-58(76)49-26-21-23-32-68(49)7)61(78)69(8)50(40(2)3)36-51(81-43(6)71)59-66-48(39-82-59)57(75)65-46(34-42(5)62(79)80)35-44-28-30-45(31-29-44)64-54(73)38-63-53(72)27-20-17-22-33-70-55(74)37-52(60(70)77)83-47-24-18-15-13-11-10-12-14-16-19-25-47/h10-16,18-19,24-25,28-31,37,39-42,46,49-51,56,74,77H,9,17,20-23,26-27,32-36,38H2,1-8H3,(H,63,72)(H,64,73)(H,65,75)(H,67,76)(H,79,80). The Kier molecular flexibility index (Phi) is 27.1. The number of piperidine rings is 1. The zero-order valence-electron chi connectivity index (χ0n) is 49.0. The van der Waals surface area contributed by atoms with Gasteiger partial charge in [0.15, 0.2) is 12.0 Å². The number of hydrogen-bond acceptors (Lipinski definition) is 14. The molecular weight excluding hydrogens is 1100 g/mol. The molecule has 1 aliphatic heterocycles. The number of amides is 5. The molecule has 5 rings (SSSR count). The number of carboxylic acids is 1. The molecule has 0 bridgehead atoms. The van der Waals surface area contributed by atoms with Crippen LogP contribution in [-0.4, -0.2) is 127 Å². The van der Waals surface area contributed by atoms with Crippen LogP contribution in [0.4, 0.5) is 5.69 Å². The number of carbonyl (C=O) groups is 7. The van der Waals surface area contributed by atoms with Crippen LogP contribution in [0.25, 0.3) is 0 Å². The van der Waals surface area contributed by atoms with Gasteiger partial charge in [-0.25, -0.2) is 4.98 Å². The van der Waals surface area contributed by atoms with Gasteiger partial charge < -0.3 is 46.2 Å². The number of thiazole rings is 1. The number of rotatable bonds is 29. The molecule has 19 nitrogen and oxygen atoms in total. The van der Waals surface area contributed by atoms with Gasteiger partial charge in [0.25, 0.3) is 5.91 Å². The number of nitrogens with one attached hydrogen (secondary N) is 4. The number of aliphatic carboxylic acids is 1. The Balaban J connectivity index is 1.12. The quantitative estimate of drug-likeness (QED) is 0.0252. The summed E-state index contributed by atoms with van der Waals surface area (Å²) in [6, 6.07) is 6.17. The third-order valence-electron chi connectivity index (χ3n) is 14.8. The van der Waals surface area contributed by atoms with Crippen molar-refractivity contribution >= 4 is 70.3 Å². The number of anilines is 1. The molecule has 1 fully saturated rings. The molecular formula is C62H84N8O11S2. The lowest BCUT2D eigenvalue weighted by molar-refractivity contribution is -0.149. The van der Waals surface area contributed by atoms with Gasteiger partial charge in [0.2, 0.25) is 29.5 Å². The third-order valence-corrected chi connectivity index (χ3v) is 16.7. The lowest BCUT2D eigenvalue weighted by atomic mass is 9.92. The van der Waals surface area contributed by atoms with Crippen molar-refractivity contribution in [3.8, 4) is 11.8 Å². The van der Waals surface area contributed by atoms with E-state index < -0.39 is 53.9 Å². The van der Waals surface area contributed by atoms with Gasteiger partial charge in [-0.1, -0.05) is 132 Å². The normalized spacial score (nSPS) is 16.7. The number of esters is 1. The minimum atomic E-state index is -1.03. The van der Waals surface area contributed by atoms with E-state index in [1.807, 2.05) is 106 Å². The van der Waals surface area contributed by atoms with Crippen LogP contribution in [0, 0.1) is 17.8 Å². The fourth-order valence-corrected chi connectivity index (χ4v) is 11.5. The molecule has 0 radical (unpaired) electrons. The molecule has 21 heteroatoms. The maximum absolute atomic E-state index is 14.4. The molecule has 1 aromatic carbocycles. The largest absolute Gasteiger partial charge is 0.494 e. The summed E-state index contributed by atoms with van der Waals surface area (Å²) < 4.78 is 7.26. The highest BCUT2D eigenvalue weighted by Crippen LogP contribution is 2.40. The first-order chi connectivity index (χ1) is 39.6. The van der Waals surface area contributed by atoms with Gasteiger partial charge in [0.05, 0.1) is 23.4 Å². The predicted molar refractivity (Wildman–Crippen MR) is 325 cm³/mol. The van der Waals surface area contributed by atoms with E-state index in [0.717, 1.165) is 47.6 Å². The van der Waals surface area contributed by atoms with Crippen molar-refractivity contribution in [1.29, 1.82) is 0 Å². The summed E-state index contributed by atoms with van der Waals surface area (Å²) >= 11 is 2.45. The number of nitrogens with zero attached hydrogens (tertiary/aromatic N) is 4. The molecule has 450 valence electrons. The molecule has 0 saturated carbocycles. The van der Waals surface area contributed by atoms with E-state index in [9.17, 15) is 48.9 Å². The predicted octanol–water partition coefficient (Wildman–Crippen LogP) is 9.39. The minimum absolute atomic E-state index is 0.0400. The minimum Gasteiger partial charge on any atom is -0.494 e. The van der Waals surface area contributed by atoms with Crippen LogP contribution in [0.5, 0.6) is 11.8 Å². The fraction of sp³-hybridized carbons (Fsp3) is 0.484. The highest BCUT2D eigenvalue weighted by atomic mass is 32.2. The average Bonchev–Trinajstić information content (AvgIpc) is 4.31. The molecule has 7 atom stereocenters. The second-order valence-corrected chi connectivity index (χ2v) is 23.6. The first-order valence-electron chi connectivity index (χ1n) is 28.6. The van der Waals surface area contributed by atoms with Crippen molar-refractivity contribution in [1.82, 2.24) is 35.3 Å². The van der Waals surface area contributed by atoms with Gasteiger partial charge in [-0.15, -0.1) is 11.3 Å². The Hall–Kier alpha value is -7.23. The molecule has 1 aliphatic carbocycles. The average molecular weight is 1180 g/mol. The Labute approximate surface area is 496 Å². The van der Waals surface area contributed by atoms with Gasteiger partial charge >= 0.3 is 11.9 Å². The van der Waals surface area contributed by atoms with Crippen LogP contribution in [0.2, 0.25) is 0 Å². The second kappa shape index (κ2) is 33.8. The summed E-state index contributed by atoms with van der Waals surface area (Å²) in [5, 5.41) is 44.7. The van der Waals surface area contributed by atoms with Crippen molar-refractivity contribution < 1.29 is 53.6 Å². The number of carbonyl (C=O) groups excluding carboxylic acids is 6. The van der Waals surface area contributed by atoms with Gasteiger partial charge in [0, 0.05) is 67.5 Å². The summed E-state index contributed by atoms with van der Waals surface area (Å²) in [6.07, 6.45) is 25.8. The zero-order chi connectivity index (χ0) is 60.6. The highest BCUT2D eigenvalue weighted by Gasteiger charge is 2.37. The number of aromatic hydroxyl groups is 2. The lowest BCUT2D eigenvalue weighted by Crippen LogP contribution is -2.58. The number of benzene rings is 1. The lowest BCUT2D eigenvalue weighted by Gasteiger charge is -2.38. The molecule has 3 heterocycles. The molecule has 0 spiro atoms. The van der Waals surface area contributed by atoms with Crippen molar-refractivity contribution in [3.63, 3.8) is 0 Å². The van der Waals surface area contributed by atoms with Gasteiger partial charge in [-0.2, -0.15) is 0 Å². The maximum atomic E-state index is 14.4. The maximum Gasteiger partial charge on any atom is 0.306 e. The van der Waals surface area contributed by atoms with Crippen LogP contribution in [0.3, 0.4) is 0 Å². The topological polar surface area (TPSA) is 262 Å². The monoisotopic (exact) mass is 1180 g/mol. The number of likely N-dealkylation sites (tertiary alicyclic amines) is 1. The van der Waals surface area contributed by atoms with Gasteiger partial charge in [-0.3, -0.25) is 43.0 Å². The number of thioether (sulfide) groups is 1. The Morgan fingerprint density at radius 2 is 1.57 bits per heavy atom. The highest BCUT2D eigenvalue weighted by molar-refractivity contribution is 8.03. The molecule has 5 amide bonds. The fourth-order valence-electron chi connectivity index (χ4n) is 9.75. The number of unbranched alkanes of at least 4 members (excludes halogenated alkanes) is 2. The van der Waals surface area contributed by atoms with E-state index >= 15 is 0 Å². The number of carboxylic acid groups (broad SMARTS) is 1. The van der Waals surface area contributed by atoms with E-state index in [2.05, 4.69) is 26.3 Å². The number of allylic oxidation sites excluding steroid dienone is 11. The Morgan fingerprint density at radius 3 is 2.22 bits per heavy atom. The smallest absolute Gasteiger partial charge is 0.306 e. The van der Waals surface area contributed by atoms with Gasteiger partial charge in [0.1, 0.15) is 16.7 Å². The molecule has 1 saturated heterocycles. The molecule has 7 unspecified atom stereocenters. The zero-order valence-corrected chi connectivity index (χ0v) is 50.7. The van der Waals surface area contributed by atoms with E-state index in [4.69, 9.17) is 4.74 Å². The summed E-state index contributed by atoms with van der Waals surface area (Å²) in [5.41, 5.74) is 1.24. The van der Waals surface area contributed by atoms with E-state index in [0.29, 0.717) is 47.8 Å². The van der Waals surface area contributed by atoms with Crippen LogP contribution < -0.4 is 21.3 Å². The molecule has 2 aromatic heterocycles. The van der Waals surface area contributed by atoms with Crippen molar-refractivity contribution in [2.24, 2.45) is 17.8 Å². The van der Waals surface area contributed by atoms with Crippen molar-refractivity contribution in [3.05, 3.63) is 124 Å². The van der Waals surface area contributed by atoms with Gasteiger partial charge in [-0.05, 0) is 93.8 Å². The van der Waals surface area contributed by atoms with Crippen LogP contribution in [0.1, 0.15) is 133 Å². The number of likely N-dealkylation sites (N-methyl/N-ethyl adjacent to an activating group) is 2. The van der Waals surface area contributed by atoms with Crippen molar-refractivity contribution in [2.45, 2.75) is 154 Å². The number of hydrogen-bond donors (Lipinski definition) is 7. The Bertz CT molecular complexity index is 2870. The summed E-state index contributed by atoms with van der Waals surface area (Å²) in [7, 11) is 3.62. The molecule has 83 heavy (non-hydrogen) atoms. The van der Waals surface area contributed by atoms with Crippen LogP contribution in [-0.2, 0) is 46.5 Å². The van der Waals surface area contributed by atoms with E-state index in [-0.39, 0.29) is 85.3 Å². The van der Waals surface area contributed by atoms with Crippen LogP contribution >= 0.6 is 23.1 Å². The Morgan fingerprint density at radius 1 is 0.880 bits per heavy atom. The SMILES string of the molecule is CCC(C)C(NC(=O)C1CCCCN1C)C(=O)N(C)C(CC(OC(C)=O)c1nc(C(=O)NC(Cc2ccc(NC(=O)CNC(=O)CCCCCn3c(O)cc(SC4=CC=CC=CC=CC=CC=C4)c3O)cc2)CC(C)C(=O)O)cs1)C(C)C. The number of ether oxygens (including phenoxy) is 1. The second-order valence-electron chi connectivity index (χ2n) is 21.6. The van der Waals surface area contributed by atoms with Crippen LogP contribution in [0.15, 0.2) is 112 Å². The first kappa shape index (κ1) is 66.6. The number of aromatic nitrogens is 2. The summed E-state index contributed by atoms with van der Waals surface area (Å²) in [6.45, 7) is 11.6. The van der Waals surface area contributed by atoms with E-state index in [1.165, 1.54) is 29.3 Å². The van der Waals surface area contributed by atoms with E-state index in [1.54, 1.807) is 48.5 Å². The third kappa shape index (κ3) is 21.5. The summed E-state index contributed by atoms with van der Waals surface area (Å²) in [5.74, 6) is -4.54.